The normalized spacial score (nSPS) is 10.4. The average Bonchev–Trinajstić information content (AvgIpc) is 2.34. The maximum Gasteiger partial charge on any atom is 0.314 e. The van der Waals surface area contributed by atoms with Gasteiger partial charge >= 0.3 is 12.0 Å². The fourth-order valence-corrected chi connectivity index (χ4v) is 1.55. The number of hydrogen-bond donors (Lipinski definition) is 3. The Morgan fingerprint density at radius 3 is 2.11 bits per heavy atom. The Kier molecular flexibility index (Phi) is 10.0. The molecular formula is C12H25N3O3. The number of carbonyl (C=O) groups is 2. The maximum atomic E-state index is 11.3. The highest BCUT2D eigenvalue weighted by Gasteiger charge is 2.02. The monoisotopic (exact) mass is 259 g/mol. The summed E-state index contributed by atoms with van der Waals surface area (Å²) in [7, 11) is 0. The number of carbonyl (C=O) groups excluding carboxylic acids is 1. The number of nitrogens with zero attached hydrogens (tertiary/aromatic N) is 1. The van der Waals surface area contributed by atoms with E-state index in [1.54, 1.807) is 0 Å². The molecule has 0 unspecified atom stereocenters. The standard InChI is InChI=1S/C12H25N3O3/c1-3-15(4-2)10-6-9-14-12(18)13-8-5-7-11(16)17/h3-10H2,1-2H3,(H,16,17)(H2,13,14,18). The van der Waals surface area contributed by atoms with E-state index in [2.05, 4.69) is 29.4 Å². The minimum Gasteiger partial charge on any atom is -0.481 e. The van der Waals surface area contributed by atoms with Crippen LogP contribution in [0.1, 0.15) is 33.1 Å². The quantitative estimate of drug-likeness (QED) is 0.509. The zero-order valence-electron chi connectivity index (χ0n) is 11.4. The summed E-state index contributed by atoms with van der Waals surface area (Å²) >= 11 is 0. The average molecular weight is 259 g/mol. The summed E-state index contributed by atoms with van der Waals surface area (Å²) in [5.41, 5.74) is 0. The molecule has 0 rings (SSSR count). The van der Waals surface area contributed by atoms with Crippen molar-refractivity contribution in [3.63, 3.8) is 0 Å². The van der Waals surface area contributed by atoms with E-state index in [1.165, 1.54) is 0 Å². The van der Waals surface area contributed by atoms with Crippen LogP contribution in [-0.4, -0.2) is 54.7 Å². The van der Waals surface area contributed by atoms with E-state index in [9.17, 15) is 9.59 Å². The van der Waals surface area contributed by atoms with Crippen LogP contribution in [0.25, 0.3) is 0 Å². The zero-order chi connectivity index (χ0) is 13.8. The summed E-state index contributed by atoms with van der Waals surface area (Å²) in [4.78, 5) is 23.8. The van der Waals surface area contributed by atoms with Crippen molar-refractivity contribution in [2.24, 2.45) is 0 Å². The fraction of sp³-hybridized carbons (Fsp3) is 0.833. The van der Waals surface area contributed by atoms with Crippen LogP contribution in [0.3, 0.4) is 0 Å². The lowest BCUT2D eigenvalue weighted by atomic mass is 10.3. The van der Waals surface area contributed by atoms with E-state index < -0.39 is 5.97 Å². The van der Waals surface area contributed by atoms with Crippen LogP contribution in [0.15, 0.2) is 0 Å². The Morgan fingerprint density at radius 1 is 1.06 bits per heavy atom. The molecule has 0 heterocycles. The number of carboxylic acids is 1. The number of carboxylic acid groups (broad SMARTS) is 1. The molecule has 0 spiro atoms. The highest BCUT2D eigenvalue weighted by Crippen LogP contribution is 1.89. The highest BCUT2D eigenvalue weighted by atomic mass is 16.4. The van der Waals surface area contributed by atoms with Crippen LogP contribution in [0, 0.1) is 0 Å². The molecule has 0 aliphatic carbocycles. The SMILES string of the molecule is CCN(CC)CCCNC(=O)NCCCC(=O)O. The number of hydrogen-bond acceptors (Lipinski definition) is 3. The van der Waals surface area contributed by atoms with Gasteiger partial charge in [-0.15, -0.1) is 0 Å². The predicted octanol–water partition coefficient (Wildman–Crippen LogP) is 0.882. The first kappa shape index (κ1) is 16.7. The van der Waals surface area contributed by atoms with Gasteiger partial charge in [-0.05, 0) is 32.5 Å². The molecule has 0 fully saturated rings. The lowest BCUT2D eigenvalue weighted by Crippen LogP contribution is -2.37. The molecule has 6 nitrogen and oxygen atoms in total. The van der Waals surface area contributed by atoms with Gasteiger partial charge in [-0.1, -0.05) is 13.8 Å². The van der Waals surface area contributed by atoms with Gasteiger partial charge in [0.1, 0.15) is 0 Å². The summed E-state index contributed by atoms with van der Waals surface area (Å²) in [5, 5.41) is 13.8. The number of nitrogens with one attached hydrogen (secondary N) is 2. The van der Waals surface area contributed by atoms with Gasteiger partial charge in [-0.25, -0.2) is 4.79 Å². The van der Waals surface area contributed by atoms with E-state index in [0.29, 0.717) is 19.5 Å². The molecule has 0 bridgehead atoms. The van der Waals surface area contributed by atoms with Crippen LogP contribution in [0.4, 0.5) is 4.79 Å². The van der Waals surface area contributed by atoms with E-state index in [4.69, 9.17) is 5.11 Å². The first-order valence-corrected chi connectivity index (χ1v) is 6.56. The molecule has 106 valence electrons. The molecule has 0 aliphatic rings. The van der Waals surface area contributed by atoms with Gasteiger partial charge in [0.2, 0.25) is 0 Å². The number of rotatable bonds is 10. The van der Waals surface area contributed by atoms with E-state index in [0.717, 1.165) is 26.1 Å². The van der Waals surface area contributed by atoms with Crippen molar-refractivity contribution in [3.8, 4) is 0 Å². The van der Waals surface area contributed by atoms with Crippen LogP contribution in [0.5, 0.6) is 0 Å². The third-order valence-corrected chi connectivity index (χ3v) is 2.68. The molecule has 0 aliphatic heterocycles. The van der Waals surface area contributed by atoms with Gasteiger partial charge in [-0.2, -0.15) is 0 Å². The van der Waals surface area contributed by atoms with Gasteiger partial charge < -0.3 is 20.6 Å². The van der Waals surface area contributed by atoms with Crippen molar-refractivity contribution >= 4 is 12.0 Å². The van der Waals surface area contributed by atoms with Crippen molar-refractivity contribution in [3.05, 3.63) is 0 Å². The van der Waals surface area contributed by atoms with Crippen molar-refractivity contribution in [2.45, 2.75) is 33.1 Å². The highest BCUT2D eigenvalue weighted by molar-refractivity contribution is 5.73. The lowest BCUT2D eigenvalue weighted by molar-refractivity contribution is -0.137. The number of aliphatic carboxylic acids is 1. The second-order valence-electron chi connectivity index (χ2n) is 4.06. The third-order valence-electron chi connectivity index (χ3n) is 2.68. The van der Waals surface area contributed by atoms with Gasteiger partial charge in [0, 0.05) is 19.5 Å². The molecule has 18 heavy (non-hydrogen) atoms. The summed E-state index contributed by atoms with van der Waals surface area (Å²) in [6.07, 6.45) is 1.47. The van der Waals surface area contributed by atoms with Crippen LogP contribution >= 0.6 is 0 Å². The van der Waals surface area contributed by atoms with Crippen LogP contribution in [0.2, 0.25) is 0 Å². The van der Waals surface area contributed by atoms with Crippen molar-refractivity contribution in [1.29, 1.82) is 0 Å². The number of urea groups is 1. The Morgan fingerprint density at radius 2 is 1.61 bits per heavy atom. The van der Waals surface area contributed by atoms with Gasteiger partial charge in [0.15, 0.2) is 0 Å². The minimum absolute atomic E-state index is 0.0856. The fourth-order valence-electron chi connectivity index (χ4n) is 1.55. The minimum atomic E-state index is -0.837. The second-order valence-corrected chi connectivity index (χ2v) is 4.06. The zero-order valence-corrected chi connectivity index (χ0v) is 11.4. The first-order chi connectivity index (χ1) is 8.60. The van der Waals surface area contributed by atoms with Crippen molar-refractivity contribution in [1.82, 2.24) is 15.5 Å². The molecule has 3 N–H and O–H groups in total. The molecule has 0 saturated carbocycles. The summed E-state index contributed by atoms with van der Waals surface area (Å²) in [6, 6.07) is -0.222. The molecule has 0 aromatic rings. The maximum absolute atomic E-state index is 11.3. The molecule has 0 atom stereocenters. The largest absolute Gasteiger partial charge is 0.481 e. The third kappa shape index (κ3) is 9.89. The topological polar surface area (TPSA) is 81.7 Å². The van der Waals surface area contributed by atoms with Gasteiger partial charge in [0.25, 0.3) is 0 Å². The molecular weight excluding hydrogens is 234 g/mol. The summed E-state index contributed by atoms with van der Waals surface area (Å²) < 4.78 is 0. The Hall–Kier alpha value is -1.30. The smallest absolute Gasteiger partial charge is 0.314 e. The molecule has 6 heteroatoms. The molecule has 0 aromatic heterocycles. The molecule has 0 radical (unpaired) electrons. The van der Waals surface area contributed by atoms with Crippen molar-refractivity contribution < 1.29 is 14.7 Å². The number of amides is 2. The Bertz CT molecular complexity index is 243. The van der Waals surface area contributed by atoms with E-state index >= 15 is 0 Å². The van der Waals surface area contributed by atoms with Crippen LogP contribution < -0.4 is 10.6 Å². The predicted molar refractivity (Wildman–Crippen MR) is 70.7 cm³/mol. The first-order valence-electron chi connectivity index (χ1n) is 6.56. The molecule has 2 amide bonds. The van der Waals surface area contributed by atoms with E-state index in [1.807, 2.05) is 0 Å². The summed E-state index contributed by atoms with van der Waals surface area (Å²) in [6.45, 7) is 8.30. The van der Waals surface area contributed by atoms with Crippen molar-refractivity contribution in [2.75, 3.05) is 32.7 Å². The molecule has 0 aromatic carbocycles. The molecule has 0 saturated heterocycles. The van der Waals surface area contributed by atoms with Gasteiger partial charge in [-0.3, -0.25) is 4.79 Å². The Labute approximate surface area is 109 Å². The summed E-state index contributed by atoms with van der Waals surface area (Å²) in [5.74, 6) is -0.837. The van der Waals surface area contributed by atoms with Crippen LogP contribution in [-0.2, 0) is 4.79 Å². The Balaban J connectivity index is 3.39. The van der Waals surface area contributed by atoms with Gasteiger partial charge in [0.05, 0.1) is 0 Å². The second kappa shape index (κ2) is 10.8. The van der Waals surface area contributed by atoms with E-state index in [-0.39, 0.29) is 12.5 Å². The lowest BCUT2D eigenvalue weighted by Gasteiger charge is -2.17.